The summed E-state index contributed by atoms with van der Waals surface area (Å²) in [6, 6.07) is 17.3. The molecule has 2 aromatic carbocycles. The Labute approximate surface area is 179 Å². The Balaban J connectivity index is 1.24. The molecule has 2 aliphatic heterocycles. The molecule has 0 spiro atoms. The molecule has 0 aliphatic carbocycles. The molecule has 154 valence electrons. The molecule has 1 aromatic heterocycles. The van der Waals surface area contributed by atoms with E-state index in [9.17, 15) is 9.59 Å². The molecular formula is C23H24N4O2S. The first-order valence-corrected chi connectivity index (χ1v) is 11.2. The van der Waals surface area contributed by atoms with Crippen molar-refractivity contribution >= 4 is 33.5 Å². The summed E-state index contributed by atoms with van der Waals surface area (Å²) in [4.78, 5) is 33.8. The fourth-order valence-corrected chi connectivity index (χ4v) is 5.44. The highest BCUT2D eigenvalue weighted by Gasteiger charge is 2.39. The molecule has 2 fully saturated rings. The van der Waals surface area contributed by atoms with Gasteiger partial charge in [0.2, 0.25) is 0 Å². The van der Waals surface area contributed by atoms with Crippen LogP contribution in [0.25, 0.3) is 10.2 Å². The van der Waals surface area contributed by atoms with Crippen LogP contribution in [0, 0.1) is 0 Å². The number of carbonyl (C=O) groups excluding carboxylic acids is 2. The first-order chi connectivity index (χ1) is 14.7. The van der Waals surface area contributed by atoms with Crippen molar-refractivity contribution in [3.63, 3.8) is 0 Å². The number of para-hydroxylation sites is 1. The summed E-state index contributed by atoms with van der Waals surface area (Å²) in [5, 5.41) is 4.01. The van der Waals surface area contributed by atoms with E-state index < -0.39 is 6.04 Å². The normalized spacial score (nSPS) is 22.6. The Morgan fingerprint density at radius 2 is 1.87 bits per heavy atom. The molecule has 30 heavy (non-hydrogen) atoms. The quantitative estimate of drug-likeness (QED) is 0.641. The van der Waals surface area contributed by atoms with Crippen LogP contribution in [0.4, 0.5) is 4.79 Å². The van der Waals surface area contributed by atoms with Gasteiger partial charge in [-0.3, -0.25) is 9.69 Å². The molecule has 0 unspecified atom stereocenters. The van der Waals surface area contributed by atoms with Gasteiger partial charge in [-0.1, -0.05) is 42.5 Å². The summed E-state index contributed by atoms with van der Waals surface area (Å²) in [5.41, 5.74) is 2.10. The molecule has 5 rings (SSSR count). The van der Waals surface area contributed by atoms with Crippen molar-refractivity contribution in [3.8, 4) is 0 Å². The van der Waals surface area contributed by atoms with E-state index in [1.54, 1.807) is 11.3 Å². The summed E-state index contributed by atoms with van der Waals surface area (Å²) in [6.07, 6.45) is 2.65. The minimum Gasteiger partial charge on any atom is -0.325 e. The summed E-state index contributed by atoms with van der Waals surface area (Å²) in [5.74, 6) is 0.211. The number of likely N-dealkylation sites (tertiary alicyclic amines) is 1. The summed E-state index contributed by atoms with van der Waals surface area (Å²) >= 11 is 1.75. The average molecular weight is 421 g/mol. The van der Waals surface area contributed by atoms with Crippen molar-refractivity contribution in [3.05, 3.63) is 65.2 Å². The van der Waals surface area contributed by atoms with Crippen LogP contribution in [0.1, 0.15) is 29.3 Å². The van der Waals surface area contributed by atoms with Gasteiger partial charge < -0.3 is 5.32 Å². The number of nitrogens with zero attached hydrogens (tertiary/aromatic N) is 3. The lowest BCUT2D eigenvalue weighted by Gasteiger charge is -2.33. The van der Waals surface area contributed by atoms with E-state index in [0.717, 1.165) is 42.0 Å². The van der Waals surface area contributed by atoms with Gasteiger partial charge in [-0.15, -0.1) is 11.3 Å². The Bertz CT molecular complexity index is 1030. The molecule has 3 aromatic rings. The third kappa shape index (κ3) is 3.82. The first kappa shape index (κ1) is 19.2. The lowest BCUT2D eigenvalue weighted by Crippen LogP contribution is -2.45. The highest BCUT2D eigenvalue weighted by Crippen LogP contribution is 2.33. The van der Waals surface area contributed by atoms with Gasteiger partial charge in [-0.2, -0.15) is 0 Å². The number of benzene rings is 2. The van der Waals surface area contributed by atoms with Crippen LogP contribution in [-0.4, -0.2) is 52.5 Å². The zero-order valence-corrected chi connectivity index (χ0v) is 17.5. The van der Waals surface area contributed by atoms with Gasteiger partial charge in [-0.05, 0) is 37.1 Å². The van der Waals surface area contributed by atoms with E-state index in [2.05, 4.69) is 22.3 Å². The van der Waals surface area contributed by atoms with E-state index in [-0.39, 0.29) is 11.9 Å². The maximum Gasteiger partial charge on any atom is 0.325 e. The van der Waals surface area contributed by atoms with Crippen molar-refractivity contribution in [2.45, 2.75) is 31.2 Å². The van der Waals surface area contributed by atoms with Crippen LogP contribution < -0.4 is 5.32 Å². The number of fused-ring (bicyclic) bond motifs is 1. The highest BCUT2D eigenvalue weighted by atomic mass is 32.1. The van der Waals surface area contributed by atoms with Gasteiger partial charge in [0.25, 0.3) is 5.91 Å². The maximum absolute atomic E-state index is 12.9. The van der Waals surface area contributed by atoms with Crippen molar-refractivity contribution in [2.75, 3.05) is 19.8 Å². The Morgan fingerprint density at radius 1 is 1.07 bits per heavy atom. The highest BCUT2D eigenvalue weighted by molar-refractivity contribution is 7.18. The monoisotopic (exact) mass is 420 g/mol. The largest absolute Gasteiger partial charge is 0.325 e. The number of urea groups is 1. The van der Waals surface area contributed by atoms with Crippen molar-refractivity contribution < 1.29 is 9.59 Å². The second-order valence-corrected chi connectivity index (χ2v) is 9.10. The van der Waals surface area contributed by atoms with Crippen LogP contribution in [0.15, 0.2) is 54.6 Å². The number of hydrogen-bond donors (Lipinski definition) is 1. The number of nitrogens with one attached hydrogen (secondary N) is 1. The average Bonchev–Trinajstić information content (AvgIpc) is 3.32. The number of hydrogen-bond acceptors (Lipinski definition) is 5. The number of piperidine rings is 1. The fraction of sp³-hybridized carbons (Fsp3) is 0.348. The summed E-state index contributed by atoms with van der Waals surface area (Å²) in [6.45, 7) is 2.05. The van der Waals surface area contributed by atoms with E-state index in [1.807, 2.05) is 42.5 Å². The zero-order chi connectivity index (χ0) is 20.5. The SMILES string of the molecule is O=C1N[C@@H](Cc2ccccc2)C(=O)N1CN1CCC[C@H](c2nc3ccccc3s2)C1. The number of carbonyl (C=O) groups is 2. The number of aromatic nitrogens is 1. The molecule has 3 heterocycles. The number of thiazole rings is 1. The molecule has 2 atom stereocenters. The molecule has 1 N–H and O–H groups in total. The minimum absolute atomic E-state index is 0.133. The predicted octanol–water partition coefficient (Wildman–Crippen LogP) is 3.60. The zero-order valence-electron chi connectivity index (χ0n) is 16.7. The molecule has 7 heteroatoms. The molecule has 0 saturated carbocycles. The number of imide groups is 1. The smallest absolute Gasteiger partial charge is 0.325 e. The molecule has 2 aliphatic rings. The third-order valence-corrected chi connectivity index (χ3v) is 7.10. The number of rotatable bonds is 5. The lowest BCUT2D eigenvalue weighted by atomic mass is 9.99. The second kappa shape index (κ2) is 8.16. The fourth-order valence-electron chi connectivity index (χ4n) is 4.35. The lowest BCUT2D eigenvalue weighted by molar-refractivity contribution is -0.129. The Hall–Kier alpha value is -2.77. The Morgan fingerprint density at radius 3 is 2.70 bits per heavy atom. The maximum atomic E-state index is 12.9. The number of amides is 3. The van der Waals surface area contributed by atoms with E-state index >= 15 is 0 Å². The van der Waals surface area contributed by atoms with E-state index in [4.69, 9.17) is 4.98 Å². The van der Waals surface area contributed by atoms with E-state index in [1.165, 1.54) is 9.60 Å². The first-order valence-electron chi connectivity index (χ1n) is 10.4. The van der Waals surface area contributed by atoms with Crippen molar-refractivity contribution in [1.82, 2.24) is 20.1 Å². The van der Waals surface area contributed by atoms with Gasteiger partial charge in [0, 0.05) is 18.9 Å². The summed E-state index contributed by atoms with van der Waals surface area (Å²) < 4.78 is 1.21. The minimum atomic E-state index is -0.482. The second-order valence-electron chi connectivity index (χ2n) is 8.04. The molecule has 6 nitrogen and oxygen atoms in total. The van der Waals surface area contributed by atoms with Crippen molar-refractivity contribution in [2.24, 2.45) is 0 Å². The van der Waals surface area contributed by atoms with E-state index in [0.29, 0.717) is 19.0 Å². The van der Waals surface area contributed by atoms with Crippen LogP contribution >= 0.6 is 11.3 Å². The summed E-state index contributed by atoms with van der Waals surface area (Å²) in [7, 11) is 0. The van der Waals surface area contributed by atoms with Gasteiger partial charge in [0.1, 0.15) is 6.04 Å². The van der Waals surface area contributed by atoms with Gasteiger partial charge in [0.15, 0.2) is 0 Å². The molecule has 3 amide bonds. The van der Waals surface area contributed by atoms with Crippen LogP contribution in [-0.2, 0) is 11.2 Å². The van der Waals surface area contributed by atoms with Crippen LogP contribution in [0.3, 0.4) is 0 Å². The molecular weight excluding hydrogens is 396 g/mol. The Kier molecular flexibility index (Phi) is 5.23. The molecule has 2 saturated heterocycles. The van der Waals surface area contributed by atoms with Gasteiger partial charge in [-0.25, -0.2) is 14.7 Å². The molecule has 0 radical (unpaired) electrons. The van der Waals surface area contributed by atoms with Crippen LogP contribution in [0.2, 0.25) is 0 Å². The van der Waals surface area contributed by atoms with Crippen molar-refractivity contribution in [1.29, 1.82) is 0 Å². The predicted molar refractivity (Wildman–Crippen MR) is 117 cm³/mol. The van der Waals surface area contributed by atoms with Crippen LogP contribution in [0.5, 0.6) is 0 Å². The molecule has 0 bridgehead atoms. The van der Waals surface area contributed by atoms with Gasteiger partial charge in [0.05, 0.1) is 21.9 Å². The topological polar surface area (TPSA) is 65.5 Å². The van der Waals surface area contributed by atoms with Gasteiger partial charge >= 0.3 is 6.03 Å². The third-order valence-electron chi connectivity index (χ3n) is 5.90. The standard InChI is InChI=1S/C23H24N4O2S/c28-22-19(13-16-7-2-1-3-8-16)25-23(29)27(22)15-26-12-6-9-17(14-26)21-24-18-10-4-5-11-20(18)30-21/h1-5,7-8,10-11,17,19H,6,9,12-15H2,(H,25,29)/t17-,19-/m0/s1.